The van der Waals surface area contributed by atoms with Gasteiger partial charge in [0.1, 0.15) is 11.9 Å². The lowest BCUT2D eigenvalue weighted by atomic mass is 10.1. The fraction of sp³-hybridized carbons (Fsp3) is 0.500. The molecule has 0 aliphatic heterocycles. The van der Waals surface area contributed by atoms with Gasteiger partial charge in [-0.05, 0) is 30.5 Å². The molecule has 100 valence electrons. The maximum Gasteiger partial charge on any atom is 0.311 e. The number of hydrogen-bond acceptors (Lipinski definition) is 4. The van der Waals surface area contributed by atoms with E-state index in [2.05, 4.69) is 0 Å². The van der Waals surface area contributed by atoms with Gasteiger partial charge < -0.3 is 14.9 Å². The third-order valence-electron chi connectivity index (χ3n) is 2.49. The fourth-order valence-corrected chi connectivity index (χ4v) is 1.52. The van der Waals surface area contributed by atoms with Gasteiger partial charge in [-0.1, -0.05) is 26.0 Å². The van der Waals surface area contributed by atoms with Gasteiger partial charge in [-0.2, -0.15) is 0 Å². The minimum absolute atomic E-state index is 0.258. The summed E-state index contributed by atoms with van der Waals surface area (Å²) in [5.41, 5.74) is 0.591. The summed E-state index contributed by atoms with van der Waals surface area (Å²) in [5, 5.41) is 18.9. The Morgan fingerprint density at radius 2 is 1.72 bits per heavy atom. The van der Waals surface area contributed by atoms with Gasteiger partial charge in [-0.15, -0.1) is 0 Å². The highest BCUT2D eigenvalue weighted by Crippen LogP contribution is 2.20. The normalized spacial score (nSPS) is 14.3. The summed E-state index contributed by atoms with van der Waals surface area (Å²) in [5.74, 6) is 0.435. The zero-order valence-corrected chi connectivity index (χ0v) is 11.0. The molecule has 4 heteroatoms. The Kier molecular flexibility index (Phi) is 5.31. The largest absolute Gasteiger partial charge is 0.427 e. The summed E-state index contributed by atoms with van der Waals surface area (Å²) in [4.78, 5) is 11.4. The summed E-state index contributed by atoms with van der Waals surface area (Å²) in [6.07, 6.45) is -1.39. The quantitative estimate of drug-likeness (QED) is 0.621. The molecular weight excluding hydrogens is 232 g/mol. The molecule has 0 aromatic heterocycles. The number of benzene rings is 1. The fourth-order valence-electron chi connectivity index (χ4n) is 1.52. The minimum atomic E-state index is -0.926. The van der Waals surface area contributed by atoms with Crippen LogP contribution in [-0.4, -0.2) is 22.3 Å². The summed E-state index contributed by atoms with van der Waals surface area (Å²) in [6, 6.07) is 6.49. The van der Waals surface area contributed by atoms with Crippen LogP contribution < -0.4 is 4.74 Å². The van der Waals surface area contributed by atoms with Crippen LogP contribution in [0.4, 0.5) is 0 Å². The van der Waals surface area contributed by atoms with Gasteiger partial charge in [0.2, 0.25) is 0 Å². The van der Waals surface area contributed by atoms with Crippen LogP contribution >= 0.6 is 0 Å². The lowest BCUT2D eigenvalue weighted by molar-refractivity contribution is -0.135. The van der Waals surface area contributed by atoms with Gasteiger partial charge >= 0.3 is 5.97 Å². The second kappa shape index (κ2) is 6.52. The zero-order chi connectivity index (χ0) is 13.7. The van der Waals surface area contributed by atoms with Gasteiger partial charge in [0.05, 0.1) is 6.10 Å². The molecular formula is C14H20O4. The van der Waals surface area contributed by atoms with Crippen molar-refractivity contribution in [3.63, 3.8) is 0 Å². The Labute approximate surface area is 107 Å². The van der Waals surface area contributed by atoms with Crippen molar-refractivity contribution in [1.29, 1.82) is 0 Å². The third kappa shape index (κ3) is 4.47. The highest BCUT2D eigenvalue weighted by molar-refractivity contribution is 5.72. The standard InChI is InChI=1S/C14H20O4/c1-9(2)8-13(16)18-12-6-4-11(5-7-12)14(17)10(3)15/h4-7,9-10,14-15,17H,8H2,1-3H3/t10-,14+/m1/s1. The molecule has 2 atom stereocenters. The Morgan fingerprint density at radius 3 is 2.17 bits per heavy atom. The molecule has 0 aliphatic rings. The predicted octanol–water partition coefficient (Wildman–Crippen LogP) is 2.05. The van der Waals surface area contributed by atoms with Gasteiger partial charge in [0.25, 0.3) is 0 Å². The maximum atomic E-state index is 11.4. The number of esters is 1. The Hall–Kier alpha value is -1.39. The molecule has 0 amide bonds. The van der Waals surface area contributed by atoms with Gasteiger partial charge in [0.15, 0.2) is 0 Å². The van der Waals surface area contributed by atoms with E-state index in [1.165, 1.54) is 6.92 Å². The molecule has 4 nitrogen and oxygen atoms in total. The molecule has 0 saturated heterocycles. The summed E-state index contributed by atoms with van der Waals surface area (Å²) < 4.78 is 5.14. The first-order chi connectivity index (χ1) is 8.40. The van der Waals surface area contributed by atoms with Crippen LogP contribution in [0, 0.1) is 5.92 Å². The van der Waals surface area contributed by atoms with E-state index in [1.807, 2.05) is 13.8 Å². The first kappa shape index (κ1) is 14.7. The molecule has 1 rings (SSSR count). The Morgan fingerprint density at radius 1 is 1.17 bits per heavy atom. The molecule has 0 saturated carbocycles. The number of aliphatic hydroxyl groups is 2. The van der Waals surface area contributed by atoms with E-state index in [4.69, 9.17) is 4.74 Å². The highest BCUT2D eigenvalue weighted by Gasteiger charge is 2.14. The molecule has 2 N–H and O–H groups in total. The summed E-state index contributed by atoms with van der Waals surface area (Å²) in [7, 11) is 0. The van der Waals surface area contributed by atoms with Crippen molar-refractivity contribution in [1.82, 2.24) is 0 Å². The average molecular weight is 252 g/mol. The smallest absolute Gasteiger partial charge is 0.311 e. The van der Waals surface area contributed by atoms with Crippen molar-refractivity contribution in [3.8, 4) is 5.75 Å². The molecule has 1 aromatic rings. The van der Waals surface area contributed by atoms with Crippen LogP contribution in [0.2, 0.25) is 0 Å². The van der Waals surface area contributed by atoms with Crippen molar-refractivity contribution in [3.05, 3.63) is 29.8 Å². The van der Waals surface area contributed by atoms with Crippen molar-refractivity contribution in [2.75, 3.05) is 0 Å². The maximum absolute atomic E-state index is 11.4. The molecule has 0 aliphatic carbocycles. The highest BCUT2D eigenvalue weighted by atomic mass is 16.5. The summed E-state index contributed by atoms with van der Waals surface area (Å²) >= 11 is 0. The SMILES string of the molecule is CC(C)CC(=O)Oc1ccc([C@@H](O)[C@@H](C)O)cc1. The molecule has 0 spiro atoms. The van der Waals surface area contributed by atoms with E-state index in [9.17, 15) is 15.0 Å². The average Bonchev–Trinajstić information content (AvgIpc) is 2.27. The topological polar surface area (TPSA) is 66.8 Å². The van der Waals surface area contributed by atoms with E-state index in [0.717, 1.165) is 0 Å². The van der Waals surface area contributed by atoms with Crippen molar-refractivity contribution in [2.24, 2.45) is 5.92 Å². The van der Waals surface area contributed by atoms with Crippen LogP contribution in [-0.2, 0) is 4.79 Å². The van der Waals surface area contributed by atoms with Crippen LogP contribution in [0.1, 0.15) is 38.9 Å². The number of hydrogen-bond donors (Lipinski definition) is 2. The monoisotopic (exact) mass is 252 g/mol. The lowest BCUT2D eigenvalue weighted by Gasteiger charge is -2.14. The molecule has 0 unspecified atom stereocenters. The van der Waals surface area contributed by atoms with Crippen LogP contribution in [0.25, 0.3) is 0 Å². The third-order valence-corrected chi connectivity index (χ3v) is 2.49. The Bertz CT molecular complexity index is 381. The number of carbonyl (C=O) groups is 1. The number of rotatable bonds is 5. The van der Waals surface area contributed by atoms with E-state index in [1.54, 1.807) is 24.3 Å². The number of aliphatic hydroxyl groups excluding tert-OH is 2. The van der Waals surface area contributed by atoms with Gasteiger partial charge in [-0.25, -0.2) is 0 Å². The lowest BCUT2D eigenvalue weighted by Crippen LogP contribution is -2.14. The zero-order valence-electron chi connectivity index (χ0n) is 11.0. The molecule has 18 heavy (non-hydrogen) atoms. The Balaban J connectivity index is 2.63. The molecule has 1 aromatic carbocycles. The van der Waals surface area contributed by atoms with E-state index in [0.29, 0.717) is 17.7 Å². The van der Waals surface area contributed by atoms with Crippen LogP contribution in [0.3, 0.4) is 0 Å². The first-order valence-electron chi connectivity index (χ1n) is 6.07. The van der Waals surface area contributed by atoms with Crippen LogP contribution in [0.15, 0.2) is 24.3 Å². The van der Waals surface area contributed by atoms with Crippen molar-refractivity contribution < 1.29 is 19.7 Å². The predicted molar refractivity (Wildman–Crippen MR) is 68.2 cm³/mol. The molecule has 0 bridgehead atoms. The summed E-state index contributed by atoms with van der Waals surface area (Å²) in [6.45, 7) is 5.41. The first-order valence-corrected chi connectivity index (χ1v) is 6.07. The second-order valence-electron chi connectivity index (χ2n) is 4.83. The number of carbonyl (C=O) groups excluding carboxylic acids is 1. The molecule has 0 fully saturated rings. The van der Waals surface area contributed by atoms with Crippen molar-refractivity contribution in [2.45, 2.75) is 39.4 Å². The van der Waals surface area contributed by atoms with E-state index >= 15 is 0 Å². The van der Waals surface area contributed by atoms with Crippen LogP contribution in [0.5, 0.6) is 5.75 Å². The van der Waals surface area contributed by atoms with Crippen molar-refractivity contribution >= 4 is 5.97 Å². The van der Waals surface area contributed by atoms with Gasteiger partial charge in [-0.3, -0.25) is 4.79 Å². The number of ether oxygens (including phenoxy) is 1. The van der Waals surface area contributed by atoms with E-state index < -0.39 is 12.2 Å². The molecule has 0 heterocycles. The molecule has 0 radical (unpaired) electrons. The van der Waals surface area contributed by atoms with E-state index in [-0.39, 0.29) is 11.9 Å². The van der Waals surface area contributed by atoms with Gasteiger partial charge in [0, 0.05) is 6.42 Å². The minimum Gasteiger partial charge on any atom is -0.427 e. The second-order valence-corrected chi connectivity index (χ2v) is 4.83.